The summed E-state index contributed by atoms with van der Waals surface area (Å²) in [5, 5.41) is 23.0. The molecule has 0 radical (unpaired) electrons. The van der Waals surface area contributed by atoms with Crippen molar-refractivity contribution in [2.24, 2.45) is 17.6 Å². The van der Waals surface area contributed by atoms with Crippen LogP contribution in [-0.4, -0.2) is 22.5 Å². The van der Waals surface area contributed by atoms with Crippen molar-refractivity contribution in [2.75, 3.05) is 11.9 Å². The number of amides is 1. The zero-order valence-corrected chi connectivity index (χ0v) is 12.2. The molecule has 0 fully saturated rings. The van der Waals surface area contributed by atoms with Crippen molar-refractivity contribution in [1.82, 2.24) is 0 Å². The van der Waals surface area contributed by atoms with Crippen molar-refractivity contribution in [2.45, 2.75) is 26.7 Å². The Balaban J connectivity index is 2.81. The summed E-state index contributed by atoms with van der Waals surface area (Å²) in [5.74, 6) is -0.304. The number of aromatic hydroxyl groups is 1. The number of nitrogens with two attached hydrogens (primary N) is 1. The predicted octanol–water partition coefficient (Wildman–Crippen LogP) is 2.25. The molecule has 0 aromatic heterocycles. The van der Waals surface area contributed by atoms with Gasteiger partial charge in [0.05, 0.1) is 4.92 Å². The Labute approximate surface area is 123 Å². The first-order chi connectivity index (χ1) is 9.85. The van der Waals surface area contributed by atoms with Crippen molar-refractivity contribution in [1.29, 1.82) is 0 Å². The molecule has 21 heavy (non-hydrogen) atoms. The van der Waals surface area contributed by atoms with Gasteiger partial charge in [-0.1, -0.05) is 19.9 Å². The highest BCUT2D eigenvalue weighted by Crippen LogP contribution is 2.33. The smallest absolute Gasteiger partial charge is 0.296 e. The maximum atomic E-state index is 12.0. The molecule has 1 aromatic carbocycles. The molecule has 1 rings (SSSR count). The average molecular weight is 295 g/mol. The average Bonchev–Trinajstić information content (AvgIpc) is 2.39. The number of hydrogen-bond donors (Lipinski definition) is 3. The van der Waals surface area contributed by atoms with E-state index in [2.05, 4.69) is 5.32 Å². The highest BCUT2D eigenvalue weighted by molar-refractivity contribution is 5.95. The Kier molecular flexibility index (Phi) is 6.10. The number of anilines is 1. The fourth-order valence-electron chi connectivity index (χ4n) is 2.19. The van der Waals surface area contributed by atoms with Crippen molar-refractivity contribution in [3.8, 4) is 5.75 Å². The van der Waals surface area contributed by atoms with Crippen LogP contribution >= 0.6 is 0 Å². The Hall–Kier alpha value is -2.15. The van der Waals surface area contributed by atoms with Crippen LogP contribution in [-0.2, 0) is 4.79 Å². The summed E-state index contributed by atoms with van der Waals surface area (Å²) >= 11 is 0. The molecule has 1 amide bonds. The van der Waals surface area contributed by atoms with Gasteiger partial charge in [-0.2, -0.15) is 0 Å². The van der Waals surface area contributed by atoms with Gasteiger partial charge in [0.15, 0.2) is 5.69 Å². The summed E-state index contributed by atoms with van der Waals surface area (Å²) in [6, 6.07) is 3.87. The fourth-order valence-corrected chi connectivity index (χ4v) is 2.19. The summed E-state index contributed by atoms with van der Waals surface area (Å²) in [5.41, 5.74) is 5.12. The SMILES string of the molecule is CC(C)C[C@H](CN)CC(=O)Nc1c(O)cccc1[N+](=O)[O-]. The zero-order chi connectivity index (χ0) is 16.0. The van der Waals surface area contributed by atoms with Crippen LogP contribution in [0, 0.1) is 22.0 Å². The second-order valence-corrected chi connectivity index (χ2v) is 5.41. The molecule has 0 aliphatic heterocycles. The maximum absolute atomic E-state index is 12.0. The van der Waals surface area contributed by atoms with E-state index < -0.39 is 10.8 Å². The van der Waals surface area contributed by atoms with Gasteiger partial charge in [-0.05, 0) is 30.9 Å². The maximum Gasteiger partial charge on any atom is 0.296 e. The summed E-state index contributed by atoms with van der Waals surface area (Å²) in [4.78, 5) is 22.2. The van der Waals surface area contributed by atoms with Crippen molar-refractivity contribution in [3.05, 3.63) is 28.3 Å². The Bertz CT molecular complexity index is 517. The van der Waals surface area contributed by atoms with Gasteiger partial charge in [0, 0.05) is 12.5 Å². The van der Waals surface area contributed by atoms with Crippen LogP contribution in [0.2, 0.25) is 0 Å². The molecule has 0 heterocycles. The summed E-state index contributed by atoms with van der Waals surface area (Å²) in [6.07, 6.45) is 0.965. The number of hydrogen-bond acceptors (Lipinski definition) is 5. The zero-order valence-electron chi connectivity index (χ0n) is 12.2. The standard InChI is InChI=1S/C14H21N3O4/c1-9(2)6-10(8-15)7-13(19)16-14-11(17(20)21)4-3-5-12(14)18/h3-5,9-10,18H,6-8,15H2,1-2H3,(H,16,19)/t10-/m0/s1. The lowest BCUT2D eigenvalue weighted by molar-refractivity contribution is -0.384. The number of rotatable bonds is 7. The van der Waals surface area contributed by atoms with Crippen LogP contribution in [0.1, 0.15) is 26.7 Å². The van der Waals surface area contributed by atoms with E-state index >= 15 is 0 Å². The molecule has 116 valence electrons. The second kappa shape index (κ2) is 7.58. The molecular formula is C14H21N3O4. The number of nitro groups is 1. The molecule has 0 saturated carbocycles. The molecule has 1 aromatic rings. The van der Waals surface area contributed by atoms with E-state index in [1.54, 1.807) is 0 Å². The van der Waals surface area contributed by atoms with E-state index in [1.165, 1.54) is 18.2 Å². The van der Waals surface area contributed by atoms with Crippen molar-refractivity contribution < 1.29 is 14.8 Å². The number of phenols is 1. The summed E-state index contributed by atoms with van der Waals surface area (Å²) in [6.45, 7) is 4.44. The molecule has 0 spiro atoms. The monoisotopic (exact) mass is 295 g/mol. The van der Waals surface area contributed by atoms with Gasteiger partial charge in [-0.25, -0.2) is 0 Å². The second-order valence-electron chi connectivity index (χ2n) is 5.41. The lowest BCUT2D eigenvalue weighted by Gasteiger charge is -2.16. The molecule has 0 aliphatic carbocycles. The summed E-state index contributed by atoms with van der Waals surface area (Å²) < 4.78 is 0. The van der Waals surface area contributed by atoms with E-state index in [4.69, 9.17) is 5.73 Å². The largest absolute Gasteiger partial charge is 0.505 e. The number of para-hydroxylation sites is 1. The van der Waals surface area contributed by atoms with Gasteiger partial charge >= 0.3 is 0 Å². The highest BCUT2D eigenvalue weighted by atomic mass is 16.6. The Morgan fingerprint density at radius 1 is 1.48 bits per heavy atom. The van der Waals surface area contributed by atoms with Gasteiger partial charge in [0.25, 0.3) is 5.69 Å². The Morgan fingerprint density at radius 2 is 2.14 bits per heavy atom. The number of nitrogens with zero attached hydrogens (tertiary/aromatic N) is 1. The topological polar surface area (TPSA) is 118 Å². The number of nitrogens with one attached hydrogen (secondary N) is 1. The van der Waals surface area contributed by atoms with Gasteiger partial charge in [-0.15, -0.1) is 0 Å². The molecule has 1 atom stereocenters. The molecule has 0 unspecified atom stereocenters. The summed E-state index contributed by atoms with van der Waals surface area (Å²) in [7, 11) is 0. The highest BCUT2D eigenvalue weighted by Gasteiger charge is 2.21. The predicted molar refractivity (Wildman–Crippen MR) is 80.0 cm³/mol. The van der Waals surface area contributed by atoms with Crippen molar-refractivity contribution in [3.63, 3.8) is 0 Å². The number of benzene rings is 1. The number of phenolic OH excluding ortho intramolecular Hbond substituents is 1. The minimum absolute atomic E-state index is 0.00918. The number of carbonyl (C=O) groups excluding carboxylic acids is 1. The molecule has 0 aliphatic rings. The molecule has 0 saturated heterocycles. The van der Waals surface area contributed by atoms with E-state index in [1.807, 2.05) is 13.8 Å². The third-order valence-electron chi connectivity index (χ3n) is 3.09. The third-order valence-corrected chi connectivity index (χ3v) is 3.09. The minimum atomic E-state index is -0.649. The third kappa shape index (κ3) is 5.03. The molecule has 0 bridgehead atoms. The van der Waals surface area contributed by atoms with E-state index in [-0.39, 0.29) is 29.5 Å². The van der Waals surface area contributed by atoms with Crippen molar-refractivity contribution >= 4 is 17.3 Å². The first kappa shape index (κ1) is 16.9. The van der Waals surface area contributed by atoms with Gasteiger partial charge < -0.3 is 16.2 Å². The quantitative estimate of drug-likeness (QED) is 0.405. The molecular weight excluding hydrogens is 274 g/mol. The molecule has 7 nitrogen and oxygen atoms in total. The molecule has 7 heteroatoms. The first-order valence-electron chi connectivity index (χ1n) is 6.81. The lowest BCUT2D eigenvalue weighted by atomic mass is 9.94. The molecule has 4 N–H and O–H groups in total. The van der Waals surface area contributed by atoms with Crippen LogP contribution in [0.15, 0.2) is 18.2 Å². The van der Waals surface area contributed by atoms with E-state index in [0.29, 0.717) is 12.5 Å². The van der Waals surface area contributed by atoms with Crippen LogP contribution in [0.5, 0.6) is 5.75 Å². The number of nitro benzene ring substituents is 1. The van der Waals surface area contributed by atoms with Crippen LogP contribution < -0.4 is 11.1 Å². The van der Waals surface area contributed by atoms with Crippen LogP contribution in [0.3, 0.4) is 0 Å². The van der Waals surface area contributed by atoms with Crippen LogP contribution in [0.25, 0.3) is 0 Å². The van der Waals surface area contributed by atoms with E-state index in [9.17, 15) is 20.0 Å². The fraction of sp³-hybridized carbons (Fsp3) is 0.500. The first-order valence-corrected chi connectivity index (χ1v) is 6.81. The normalized spacial score (nSPS) is 12.2. The van der Waals surface area contributed by atoms with Gasteiger partial charge in [-0.3, -0.25) is 14.9 Å². The number of carbonyl (C=O) groups is 1. The Morgan fingerprint density at radius 3 is 2.67 bits per heavy atom. The van der Waals surface area contributed by atoms with Gasteiger partial charge in [0.2, 0.25) is 5.91 Å². The lowest BCUT2D eigenvalue weighted by Crippen LogP contribution is -2.23. The minimum Gasteiger partial charge on any atom is -0.505 e. The van der Waals surface area contributed by atoms with Gasteiger partial charge in [0.1, 0.15) is 5.75 Å². The van der Waals surface area contributed by atoms with E-state index in [0.717, 1.165) is 6.42 Å². The van der Waals surface area contributed by atoms with Crippen LogP contribution in [0.4, 0.5) is 11.4 Å².